The van der Waals surface area contributed by atoms with Gasteiger partial charge in [-0.1, -0.05) is 0 Å². The average molecular weight is 233 g/mol. The number of rotatable bonds is 3. The van der Waals surface area contributed by atoms with Gasteiger partial charge in [0, 0.05) is 37.7 Å². The molecule has 0 bridgehead atoms. The first kappa shape index (κ1) is 10.7. The zero-order chi connectivity index (χ0) is 9.41. The maximum absolute atomic E-state index is 9.92. The van der Waals surface area contributed by atoms with Gasteiger partial charge in [-0.3, -0.25) is 0 Å². The molecule has 1 rings (SSSR count). The van der Waals surface area contributed by atoms with Crippen molar-refractivity contribution in [2.24, 2.45) is 22.9 Å². The normalized spacial score (nSPS) is 24.8. The Kier molecular flexibility index (Phi) is 3.07. The van der Waals surface area contributed by atoms with Crippen LogP contribution in [-0.4, -0.2) is 49.3 Å². The molecule has 0 aromatic carbocycles. The van der Waals surface area contributed by atoms with Gasteiger partial charge in [-0.05, 0) is 0 Å². The van der Waals surface area contributed by atoms with Gasteiger partial charge in [0.1, 0.15) is 5.79 Å². The van der Waals surface area contributed by atoms with Crippen LogP contribution in [0, 0.1) is 0 Å². The molecule has 12 heavy (non-hydrogen) atoms. The monoisotopic (exact) mass is 232 g/mol. The molecule has 0 spiro atoms. The lowest BCUT2D eigenvalue weighted by molar-refractivity contribution is 0.402. The van der Waals surface area contributed by atoms with Gasteiger partial charge in [-0.25, -0.2) is 0 Å². The van der Waals surface area contributed by atoms with Crippen LogP contribution in [-0.2, 0) is 0 Å². The summed E-state index contributed by atoms with van der Waals surface area (Å²) in [5.41, 5.74) is 21.8. The van der Waals surface area contributed by atoms with Gasteiger partial charge in [0.2, 0.25) is 0 Å². The summed E-state index contributed by atoms with van der Waals surface area (Å²) in [5.74, 6) is -1.23. The molecule has 1 aliphatic rings. The second-order valence-corrected chi connectivity index (χ2v) is 21.2. The van der Waals surface area contributed by atoms with Crippen molar-refractivity contribution in [2.75, 3.05) is 0 Å². The third-order valence-electron chi connectivity index (χ3n) is 1.62. The Bertz CT molecular complexity index is 168. The van der Waals surface area contributed by atoms with E-state index in [0.717, 1.165) is 8.55 Å². The van der Waals surface area contributed by atoms with Gasteiger partial charge in [0.15, 0.2) is 7.35 Å². The van der Waals surface area contributed by atoms with E-state index in [-0.39, 0.29) is 5.67 Å². The van der Waals surface area contributed by atoms with E-state index in [1.807, 2.05) is 0 Å². The molecule has 1 saturated heterocycles. The van der Waals surface area contributed by atoms with E-state index in [4.69, 9.17) is 22.9 Å². The molecule has 1 unspecified atom stereocenters. The summed E-state index contributed by atoms with van der Waals surface area (Å²) in [6.07, 6.45) is 0.320. The van der Waals surface area contributed by atoms with Crippen molar-refractivity contribution in [1.29, 1.82) is 0 Å². The van der Waals surface area contributed by atoms with E-state index in [9.17, 15) is 4.80 Å². The van der Waals surface area contributed by atoms with Crippen LogP contribution in [0.2, 0.25) is 0 Å². The Morgan fingerprint density at radius 3 is 2.08 bits per heavy atom. The predicted octanol–water partition coefficient (Wildman–Crippen LogP) is -4.34. The summed E-state index contributed by atoms with van der Waals surface area (Å²) in [7, 11) is 0.161. The van der Waals surface area contributed by atoms with Gasteiger partial charge in [-0.2, -0.15) is 0 Å². The summed E-state index contributed by atoms with van der Waals surface area (Å²) >= 11 is 0. The standard InChI is InChI=1S/C3H12N4OSi4/c4-2(1-3(5,6)7)12(8)10-9-11-12/h2,8H,1,4-7H2. The smallest absolute Gasteiger partial charge is 0.162 e. The molecule has 0 aromatic heterocycles. The molecule has 5 nitrogen and oxygen atoms in total. The molecule has 1 aliphatic heterocycles. The predicted molar refractivity (Wildman–Crippen MR) is 53.1 cm³/mol. The molecule has 6 radical (unpaired) electrons. The minimum absolute atomic E-state index is 0.240. The van der Waals surface area contributed by atoms with Crippen LogP contribution in [0.3, 0.4) is 0 Å². The third-order valence-corrected chi connectivity index (χ3v) is 31.8. The molecule has 9 heteroatoms. The highest BCUT2D eigenvalue weighted by Crippen LogP contribution is 2.10. The fourth-order valence-corrected chi connectivity index (χ4v) is 22.2. The highest BCUT2D eigenvalue weighted by atomic mass is 30.1. The van der Waals surface area contributed by atoms with Crippen molar-refractivity contribution < 1.29 is 4.80 Å². The van der Waals surface area contributed by atoms with Crippen LogP contribution < -0.4 is 22.9 Å². The molecule has 1 heterocycles. The molecule has 0 amide bonds. The molecular weight excluding hydrogens is 220 g/mol. The Morgan fingerprint density at radius 1 is 1.33 bits per heavy atom. The largest absolute Gasteiger partial charge is 0.437 e. The molecular formula is C3H12N4OSi4. The lowest BCUT2D eigenvalue weighted by Gasteiger charge is -2.39. The lowest BCUT2D eigenvalue weighted by atomic mass is 10.3. The minimum atomic E-state index is -2.10. The number of hydrogen-bond acceptors (Lipinski definition) is 5. The first-order chi connectivity index (χ1) is 5.33. The maximum atomic E-state index is 9.92. The van der Waals surface area contributed by atoms with Crippen molar-refractivity contribution in [3.8, 4) is 0 Å². The minimum Gasteiger partial charge on any atom is -0.437 e. The van der Waals surface area contributed by atoms with Crippen molar-refractivity contribution in [3.05, 3.63) is 0 Å². The van der Waals surface area contributed by atoms with Gasteiger partial charge in [-0.15, -0.1) is 0 Å². The zero-order valence-electron chi connectivity index (χ0n) is 6.54. The quantitative estimate of drug-likeness (QED) is 0.249. The van der Waals surface area contributed by atoms with Crippen molar-refractivity contribution in [1.82, 2.24) is 0 Å². The molecule has 0 saturated carbocycles. The van der Waals surface area contributed by atoms with Gasteiger partial charge in [0.25, 0.3) is 0 Å². The summed E-state index contributed by atoms with van der Waals surface area (Å²) in [5, 5.41) is 0. The Hall–Kier alpha value is 0.668. The van der Waals surface area contributed by atoms with E-state index in [0.29, 0.717) is 23.5 Å². The first-order valence-electron chi connectivity index (χ1n) is 3.47. The lowest BCUT2D eigenvalue weighted by Crippen LogP contribution is -2.77. The summed E-state index contributed by atoms with van der Waals surface area (Å²) in [6, 6.07) is 0. The van der Waals surface area contributed by atoms with Gasteiger partial charge < -0.3 is 27.7 Å². The van der Waals surface area contributed by atoms with Crippen LogP contribution in [0.5, 0.6) is 0 Å². The Morgan fingerprint density at radius 2 is 1.83 bits per heavy atom. The molecule has 66 valence electrons. The molecule has 0 aromatic rings. The van der Waals surface area contributed by atoms with Crippen LogP contribution in [0.4, 0.5) is 0 Å². The highest BCUT2D eigenvalue weighted by Gasteiger charge is 2.46. The maximum Gasteiger partial charge on any atom is 0.162 e. The van der Waals surface area contributed by atoms with Gasteiger partial charge in [0.05, 0.1) is 0 Å². The van der Waals surface area contributed by atoms with E-state index < -0.39 is 13.1 Å². The highest BCUT2D eigenvalue weighted by molar-refractivity contribution is 7.85. The number of hydrogen-bond donors (Lipinski definition) is 5. The van der Waals surface area contributed by atoms with Gasteiger partial charge >= 0.3 is 0 Å². The number of nitrogens with two attached hydrogens (primary N) is 4. The van der Waals surface area contributed by atoms with Crippen molar-refractivity contribution >= 4 is 33.0 Å². The van der Waals surface area contributed by atoms with E-state index in [1.54, 1.807) is 0 Å². The summed E-state index contributed by atoms with van der Waals surface area (Å²) in [4.78, 5) is 9.92. The molecule has 1 fully saturated rings. The fourth-order valence-electron chi connectivity index (χ4n) is 0.905. The Balaban J connectivity index is 2.42. The van der Waals surface area contributed by atoms with E-state index in [2.05, 4.69) is 0 Å². The van der Waals surface area contributed by atoms with E-state index >= 15 is 0 Å². The van der Waals surface area contributed by atoms with Crippen LogP contribution in [0.1, 0.15) is 6.42 Å². The fraction of sp³-hybridized carbons (Fsp3) is 1.00. The van der Waals surface area contributed by atoms with Crippen LogP contribution in [0.25, 0.3) is 0 Å². The SMILES string of the molecule is NC(CC(N)(N)N)[Si]1(O)[Si][Si][Si]1. The van der Waals surface area contributed by atoms with Crippen molar-refractivity contribution in [3.63, 3.8) is 0 Å². The molecule has 0 aliphatic carbocycles. The second-order valence-electron chi connectivity index (χ2n) is 3.06. The first-order valence-corrected chi connectivity index (χ1v) is 12.5. The summed E-state index contributed by atoms with van der Waals surface area (Å²) in [6.45, 7) is 0. The Labute approximate surface area is 79.0 Å². The average Bonchev–Trinajstić information content (AvgIpc) is 1.78. The van der Waals surface area contributed by atoms with Crippen LogP contribution in [0.15, 0.2) is 0 Å². The molecule has 9 N–H and O–H groups in total. The topological polar surface area (TPSA) is 124 Å². The van der Waals surface area contributed by atoms with Crippen molar-refractivity contribution in [2.45, 2.75) is 17.9 Å². The second kappa shape index (κ2) is 3.43. The summed E-state index contributed by atoms with van der Waals surface area (Å²) < 4.78 is 0. The zero-order valence-corrected chi connectivity index (χ0v) is 10.5. The van der Waals surface area contributed by atoms with E-state index in [1.165, 1.54) is 0 Å². The third kappa shape index (κ3) is 2.58. The van der Waals surface area contributed by atoms with Crippen LogP contribution >= 0.6 is 0 Å². The molecule has 1 atom stereocenters.